The van der Waals surface area contributed by atoms with Gasteiger partial charge in [-0.2, -0.15) is 18.3 Å². The number of benzene rings is 1. The summed E-state index contributed by atoms with van der Waals surface area (Å²) in [6.07, 6.45) is 3.33. The molecule has 4 heterocycles. The molecule has 1 atom stereocenters. The van der Waals surface area contributed by atoms with Gasteiger partial charge in [0.15, 0.2) is 10.8 Å². The molecule has 0 bridgehead atoms. The fraction of sp³-hybridized carbons (Fsp3) is 0.360. The first-order chi connectivity index (χ1) is 17.9. The number of H-pyrrole nitrogens is 1. The highest BCUT2D eigenvalue weighted by atomic mass is 32.1. The number of carbonyl (C=O) groups is 1. The molecule has 1 amide bonds. The molecule has 8 nitrogen and oxygen atoms in total. The highest BCUT2D eigenvalue weighted by Crippen LogP contribution is 2.35. The number of aromatic nitrogens is 4. The highest BCUT2D eigenvalue weighted by Gasteiger charge is 2.33. The smallest absolute Gasteiger partial charge is 0.427 e. The van der Waals surface area contributed by atoms with E-state index in [2.05, 4.69) is 30.8 Å². The maximum Gasteiger partial charge on any atom is 0.427 e. The van der Waals surface area contributed by atoms with Crippen LogP contribution in [0.2, 0.25) is 0 Å². The van der Waals surface area contributed by atoms with Crippen LogP contribution in [-0.4, -0.2) is 39.2 Å². The minimum atomic E-state index is -4.50. The van der Waals surface area contributed by atoms with Gasteiger partial charge >= 0.3 is 6.18 Å². The van der Waals surface area contributed by atoms with Crippen molar-refractivity contribution >= 4 is 33.4 Å². The van der Waals surface area contributed by atoms with Crippen LogP contribution in [0.15, 0.2) is 42.7 Å². The molecule has 0 radical (unpaired) electrons. The van der Waals surface area contributed by atoms with Crippen LogP contribution in [0.5, 0.6) is 11.5 Å². The number of anilines is 1. The van der Waals surface area contributed by atoms with Crippen LogP contribution in [-0.2, 0) is 12.6 Å². The molecule has 3 aromatic heterocycles. The lowest BCUT2D eigenvalue weighted by Crippen LogP contribution is -2.29. The number of pyridine rings is 1. The first-order valence-electron chi connectivity index (χ1n) is 12.0. The van der Waals surface area contributed by atoms with Gasteiger partial charge in [-0.1, -0.05) is 11.3 Å². The molecule has 37 heavy (non-hydrogen) atoms. The fourth-order valence-electron chi connectivity index (χ4n) is 4.42. The van der Waals surface area contributed by atoms with Crippen LogP contribution in [0, 0.1) is 5.92 Å². The number of halogens is 3. The van der Waals surface area contributed by atoms with Crippen molar-refractivity contribution in [2.24, 2.45) is 5.92 Å². The van der Waals surface area contributed by atoms with Crippen molar-refractivity contribution in [3.63, 3.8) is 0 Å². The third-order valence-corrected chi connectivity index (χ3v) is 7.24. The summed E-state index contributed by atoms with van der Waals surface area (Å²) < 4.78 is 44.4. The zero-order chi connectivity index (χ0) is 25.8. The zero-order valence-electron chi connectivity index (χ0n) is 19.8. The Morgan fingerprint density at radius 3 is 2.76 bits per heavy atom. The second-order valence-electron chi connectivity index (χ2n) is 8.92. The van der Waals surface area contributed by atoms with Crippen LogP contribution < -0.4 is 15.4 Å². The third-order valence-electron chi connectivity index (χ3n) is 6.28. The van der Waals surface area contributed by atoms with E-state index in [1.807, 2.05) is 0 Å². The van der Waals surface area contributed by atoms with Crippen LogP contribution in [0.4, 0.5) is 18.3 Å². The van der Waals surface area contributed by atoms with Gasteiger partial charge in [-0.3, -0.25) is 15.2 Å². The van der Waals surface area contributed by atoms with Crippen molar-refractivity contribution < 1.29 is 22.7 Å². The molecule has 4 aromatic rings. The molecule has 0 saturated carbocycles. The molecular formula is C25H25F3N6O2S. The van der Waals surface area contributed by atoms with Gasteiger partial charge in [-0.15, -0.1) is 0 Å². The van der Waals surface area contributed by atoms with Crippen LogP contribution in [0.3, 0.4) is 0 Å². The summed E-state index contributed by atoms with van der Waals surface area (Å²) in [5.74, 6) is 1.24. The van der Waals surface area contributed by atoms with Gasteiger partial charge in [0.05, 0.1) is 11.6 Å². The summed E-state index contributed by atoms with van der Waals surface area (Å²) in [7, 11) is 0. The minimum absolute atomic E-state index is 0.121. The van der Waals surface area contributed by atoms with Gasteiger partial charge in [-0.25, -0.2) is 9.97 Å². The number of aromatic amines is 1. The van der Waals surface area contributed by atoms with E-state index < -0.39 is 17.0 Å². The lowest BCUT2D eigenvalue weighted by atomic mass is 9.93. The summed E-state index contributed by atoms with van der Waals surface area (Å²) in [6, 6.07) is 8.10. The number of thiazole rings is 1. The Morgan fingerprint density at radius 2 is 2.03 bits per heavy atom. The number of hydrogen-bond acceptors (Lipinski definition) is 7. The van der Waals surface area contributed by atoms with Crippen LogP contribution >= 0.6 is 11.3 Å². The molecule has 1 aliphatic heterocycles. The van der Waals surface area contributed by atoms with E-state index in [1.165, 1.54) is 25.0 Å². The second-order valence-corrected chi connectivity index (χ2v) is 9.95. The van der Waals surface area contributed by atoms with E-state index in [9.17, 15) is 18.0 Å². The Kier molecular flexibility index (Phi) is 7.38. The summed E-state index contributed by atoms with van der Waals surface area (Å²) >= 11 is 0.374. The third kappa shape index (κ3) is 6.08. The second kappa shape index (κ2) is 10.9. The molecule has 12 heteroatoms. The Balaban J connectivity index is 1.24. The number of ether oxygens (including phenoxy) is 1. The number of rotatable bonds is 8. The Morgan fingerprint density at radius 1 is 1.19 bits per heavy atom. The Bertz CT molecular complexity index is 1360. The van der Waals surface area contributed by atoms with Crippen molar-refractivity contribution in [2.75, 3.05) is 18.4 Å². The van der Waals surface area contributed by atoms with E-state index >= 15 is 0 Å². The number of nitrogens with one attached hydrogen (secondary N) is 3. The summed E-state index contributed by atoms with van der Waals surface area (Å²) in [6.45, 7) is 2.18. The van der Waals surface area contributed by atoms with Crippen LogP contribution in [0.25, 0.3) is 11.0 Å². The molecule has 1 aliphatic rings. The van der Waals surface area contributed by atoms with Gasteiger partial charge in [0.1, 0.15) is 16.4 Å². The molecule has 0 aliphatic carbocycles. The lowest BCUT2D eigenvalue weighted by molar-refractivity contribution is -0.134. The number of aryl methyl sites for hydroxylation is 1. The first-order valence-corrected chi connectivity index (χ1v) is 12.8. The lowest BCUT2D eigenvalue weighted by Gasteiger charge is -2.22. The van der Waals surface area contributed by atoms with E-state index in [-0.39, 0.29) is 10.7 Å². The normalized spacial score (nSPS) is 16.1. The molecule has 5 rings (SSSR count). The number of piperidine rings is 1. The number of nitrogens with zero attached hydrogens (tertiary/aromatic N) is 3. The van der Waals surface area contributed by atoms with Crippen molar-refractivity contribution in [3.8, 4) is 11.5 Å². The minimum Gasteiger partial charge on any atom is -0.456 e. The van der Waals surface area contributed by atoms with Gasteiger partial charge in [0, 0.05) is 17.5 Å². The molecule has 1 aromatic carbocycles. The SMILES string of the molecule is O=C(Nc1ncc(C(F)(F)F)s1)c1ccc(Oc2ccnc3n[nH]c(CCC[C@@H]4CCCNC4)c23)cc1. The quantitative estimate of drug-likeness (QED) is 0.266. The molecule has 194 valence electrons. The zero-order valence-corrected chi connectivity index (χ0v) is 20.6. The Labute approximate surface area is 214 Å². The van der Waals surface area contributed by atoms with Gasteiger partial charge < -0.3 is 10.1 Å². The summed E-state index contributed by atoms with van der Waals surface area (Å²) in [5, 5.41) is 14.0. The van der Waals surface area contributed by atoms with Gasteiger partial charge in [0.2, 0.25) is 0 Å². The fourth-order valence-corrected chi connectivity index (χ4v) is 5.09. The van der Waals surface area contributed by atoms with Gasteiger partial charge in [-0.05, 0) is 81.4 Å². The average Bonchev–Trinajstić information content (AvgIpc) is 3.53. The van der Waals surface area contributed by atoms with Gasteiger partial charge in [0.25, 0.3) is 5.91 Å². The monoisotopic (exact) mass is 530 g/mol. The highest BCUT2D eigenvalue weighted by molar-refractivity contribution is 7.15. The molecule has 1 saturated heterocycles. The Hall–Kier alpha value is -3.51. The standard InChI is InChI=1S/C25H25F3N6O2S/c26-25(27,28)20-14-31-24(37-20)32-23(35)16-6-8-17(9-7-16)36-19-10-12-30-22-21(19)18(33-34-22)5-1-3-15-4-2-11-29-13-15/h6-10,12,14-15,29H,1-5,11,13H2,(H,30,33,34)(H,31,32,35)/t15-/m1/s1. The number of carbonyl (C=O) groups excluding carboxylic acids is 1. The number of amides is 1. The molecule has 0 unspecified atom stereocenters. The molecular weight excluding hydrogens is 505 g/mol. The average molecular weight is 531 g/mol. The largest absolute Gasteiger partial charge is 0.456 e. The van der Waals surface area contributed by atoms with Crippen LogP contribution in [0.1, 0.15) is 46.6 Å². The number of fused-ring (bicyclic) bond motifs is 1. The first kappa shape index (κ1) is 25.2. The van der Waals surface area contributed by atoms with E-state index in [1.54, 1.807) is 24.4 Å². The van der Waals surface area contributed by atoms with E-state index in [0.717, 1.165) is 43.4 Å². The van der Waals surface area contributed by atoms with E-state index in [4.69, 9.17) is 4.74 Å². The predicted octanol–water partition coefficient (Wildman–Crippen LogP) is 5.80. The molecule has 3 N–H and O–H groups in total. The summed E-state index contributed by atoms with van der Waals surface area (Å²) in [5.41, 5.74) is 1.81. The molecule has 1 fully saturated rings. The molecule has 0 spiro atoms. The number of alkyl halides is 3. The van der Waals surface area contributed by atoms with Crippen molar-refractivity contribution in [2.45, 2.75) is 38.3 Å². The summed E-state index contributed by atoms with van der Waals surface area (Å²) in [4.78, 5) is 19.5. The maximum atomic E-state index is 12.8. The topological polar surface area (TPSA) is 105 Å². The van der Waals surface area contributed by atoms with E-state index in [0.29, 0.717) is 40.6 Å². The van der Waals surface area contributed by atoms with Crippen molar-refractivity contribution in [3.05, 3.63) is 58.9 Å². The number of hydrogen-bond donors (Lipinski definition) is 3. The predicted molar refractivity (Wildman–Crippen MR) is 134 cm³/mol. The van der Waals surface area contributed by atoms with Crippen molar-refractivity contribution in [1.29, 1.82) is 0 Å². The maximum absolute atomic E-state index is 12.8. The van der Waals surface area contributed by atoms with Crippen molar-refractivity contribution in [1.82, 2.24) is 25.5 Å².